The van der Waals surface area contributed by atoms with Gasteiger partial charge in [-0.25, -0.2) is 0 Å². The number of hydrogen-bond acceptors (Lipinski definition) is 4. The summed E-state index contributed by atoms with van der Waals surface area (Å²) >= 11 is 12.9. The van der Waals surface area contributed by atoms with E-state index in [4.69, 9.17) is 42.0 Å². The Morgan fingerprint density at radius 1 is 0.400 bits per heavy atom. The first-order valence-electron chi connectivity index (χ1n) is 14.4. The molecule has 0 aliphatic heterocycles. The van der Waals surface area contributed by atoms with Crippen molar-refractivity contribution in [3.8, 4) is 45.3 Å². The first-order chi connectivity index (χ1) is 22.1. The van der Waals surface area contributed by atoms with Gasteiger partial charge >= 0.3 is 7.69 Å². The molecular formula is C38H28BCl2O4. The van der Waals surface area contributed by atoms with Crippen LogP contribution in [0.15, 0.2) is 146 Å². The zero-order valence-electron chi connectivity index (χ0n) is 24.2. The highest BCUT2D eigenvalue weighted by atomic mass is 35.5. The Labute approximate surface area is 274 Å². The maximum absolute atomic E-state index is 6.43. The van der Waals surface area contributed by atoms with Crippen LogP contribution in [0.25, 0.3) is 22.3 Å². The van der Waals surface area contributed by atoms with Gasteiger partial charge in [-0.05, 0) is 59.7 Å². The molecule has 45 heavy (non-hydrogen) atoms. The molecule has 0 unspecified atom stereocenters. The predicted molar refractivity (Wildman–Crippen MR) is 182 cm³/mol. The van der Waals surface area contributed by atoms with Crippen molar-refractivity contribution in [2.45, 2.75) is 13.2 Å². The summed E-state index contributed by atoms with van der Waals surface area (Å²) in [5.74, 6) is 2.54. The van der Waals surface area contributed by atoms with E-state index >= 15 is 0 Å². The maximum Gasteiger partial charge on any atom is 0.658 e. The van der Waals surface area contributed by atoms with Crippen molar-refractivity contribution in [2.24, 2.45) is 0 Å². The second-order valence-corrected chi connectivity index (χ2v) is 11.0. The molecule has 0 bridgehead atoms. The Hall–Kier alpha value is -4.84. The van der Waals surface area contributed by atoms with Gasteiger partial charge in [-0.15, -0.1) is 0 Å². The van der Waals surface area contributed by atoms with Gasteiger partial charge in [-0.3, -0.25) is 0 Å². The van der Waals surface area contributed by atoms with E-state index in [0.717, 1.165) is 33.4 Å². The van der Waals surface area contributed by atoms with Crippen LogP contribution >= 0.6 is 23.2 Å². The average molecular weight is 630 g/mol. The van der Waals surface area contributed by atoms with Crippen molar-refractivity contribution in [2.75, 3.05) is 0 Å². The lowest BCUT2D eigenvalue weighted by Crippen LogP contribution is -2.12. The van der Waals surface area contributed by atoms with Crippen LogP contribution < -0.4 is 18.8 Å². The van der Waals surface area contributed by atoms with Crippen LogP contribution in [-0.2, 0) is 13.2 Å². The number of hydrogen-bond donors (Lipinski definition) is 0. The number of rotatable bonds is 12. The van der Waals surface area contributed by atoms with Crippen molar-refractivity contribution < 1.29 is 18.8 Å². The van der Waals surface area contributed by atoms with Crippen molar-refractivity contribution >= 4 is 30.9 Å². The first kappa shape index (κ1) is 30.2. The van der Waals surface area contributed by atoms with Crippen LogP contribution in [-0.4, -0.2) is 7.69 Å². The maximum atomic E-state index is 6.43. The monoisotopic (exact) mass is 629 g/mol. The largest absolute Gasteiger partial charge is 0.658 e. The number of halogens is 2. The Morgan fingerprint density at radius 2 is 0.800 bits per heavy atom. The molecule has 4 nitrogen and oxygen atoms in total. The molecule has 0 atom stereocenters. The van der Waals surface area contributed by atoms with Gasteiger partial charge < -0.3 is 18.8 Å². The molecule has 6 aromatic carbocycles. The molecule has 0 N–H and O–H groups in total. The van der Waals surface area contributed by atoms with E-state index in [1.54, 1.807) is 0 Å². The van der Waals surface area contributed by atoms with Gasteiger partial charge in [0.25, 0.3) is 0 Å². The highest BCUT2D eigenvalue weighted by Gasteiger charge is 2.17. The summed E-state index contributed by atoms with van der Waals surface area (Å²) in [4.78, 5) is 0. The molecule has 0 saturated carbocycles. The Balaban J connectivity index is 1.21. The van der Waals surface area contributed by atoms with Gasteiger partial charge in [0.1, 0.15) is 36.2 Å². The molecule has 0 saturated heterocycles. The molecule has 0 aromatic heterocycles. The quantitative estimate of drug-likeness (QED) is 0.126. The van der Waals surface area contributed by atoms with E-state index in [1.165, 1.54) is 7.69 Å². The zero-order valence-corrected chi connectivity index (χ0v) is 25.7. The van der Waals surface area contributed by atoms with Crippen molar-refractivity contribution in [3.05, 3.63) is 167 Å². The summed E-state index contributed by atoms with van der Waals surface area (Å²) in [6.45, 7) is 0.843. The molecule has 1 radical (unpaired) electrons. The Kier molecular flexibility index (Phi) is 9.91. The topological polar surface area (TPSA) is 36.9 Å². The highest BCUT2D eigenvalue weighted by molar-refractivity contribution is 6.31. The van der Waals surface area contributed by atoms with Gasteiger partial charge in [0, 0.05) is 32.3 Å². The average Bonchev–Trinajstić information content (AvgIpc) is 3.08. The fourth-order valence-electron chi connectivity index (χ4n) is 4.86. The molecule has 6 rings (SSSR count). The summed E-state index contributed by atoms with van der Waals surface area (Å²) in [6.07, 6.45) is 0. The molecular weight excluding hydrogens is 602 g/mol. The Bertz CT molecular complexity index is 1730. The van der Waals surface area contributed by atoms with Crippen LogP contribution in [0.1, 0.15) is 11.1 Å². The molecule has 0 aliphatic rings. The molecule has 0 amide bonds. The van der Waals surface area contributed by atoms with Crippen LogP contribution in [0.4, 0.5) is 0 Å². The van der Waals surface area contributed by atoms with Crippen molar-refractivity contribution in [1.29, 1.82) is 0 Å². The lowest BCUT2D eigenvalue weighted by Gasteiger charge is -2.17. The Morgan fingerprint density at radius 3 is 1.24 bits per heavy atom. The van der Waals surface area contributed by atoms with E-state index in [0.29, 0.717) is 46.3 Å². The van der Waals surface area contributed by atoms with Gasteiger partial charge in [0.15, 0.2) is 0 Å². The molecule has 0 aliphatic carbocycles. The van der Waals surface area contributed by atoms with Gasteiger partial charge in [0.2, 0.25) is 0 Å². The minimum Gasteiger partial charge on any atom is -0.526 e. The second-order valence-electron chi connectivity index (χ2n) is 10.2. The summed E-state index contributed by atoms with van der Waals surface area (Å²) in [7, 11) is 1.32. The molecule has 6 aromatic rings. The van der Waals surface area contributed by atoms with E-state index in [2.05, 4.69) is 0 Å². The number of para-hydroxylation sites is 2. The van der Waals surface area contributed by atoms with E-state index in [1.807, 2.05) is 146 Å². The standard InChI is InChI=1S/C38H28BCl2O4/c40-29-19-21-35(42-25-27-11-3-1-4-12-27)33(23-29)31-15-7-9-17-37(31)44-39-45-38-18-10-8-16-32(38)34-24-30(41)20-22-36(34)43-26-28-13-5-2-6-14-28/h1-24H,25-26H2. The van der Waals surface area contributed by atoms with Crippen LogP contribution in [0, 0.1) is 0 Å². The molecule has 0 spiro atoms. The fraction of sp³-hybridized carbons (Fsp3) is 0.0526. The second kappa shape index (κ2) is 14.8. The third-order valence-corrected chi connectivity index (χ3v) is 7.53. The summed E-state index contributed by atoms with van der Waals surface area (Å²) in [5.41, 5.74) is 5.36. The predicted octanol–water partition coefficient (Wildman–Crippen LogP) is 10.5. The minimum absolute atomic E-state index is 0.422. The summed E-state index contributed by atoms with van der Waals surface area (Å²) in [6, 6.07) is 46.5. The molecule has 0 fully saturated rings. The van der Waals surface area contributed by atoms with Crippen molar-refractivity contribution in [3.63, 3.8) is 0 Å². The smallest absolute Gasteiger partial charge is 0.526 e. The lowest BCUT2D eigenvalue weighted by molar-refractivity contribution is 0.307. The van der Waals surface area contributed by atoms with Crippen LogP contribution in [0.2, 0.25) is 10.0 Å². The third kappa shape index (κ3) is 7.82. The SMILES string of the molecule is Clc1ccc(OCc2ccccc2)c(-c2ccccc2O[B]Oc2ccccc2-c2cc(Cl)ccc2OCc2ccccc2)c1. The molecule has 221 valence electrons. The molecule has 0 heterocycles. The third-order valence-electron chi connectivity index (χ3n) is 7.06. The first-order valence-corrected chi connectivity index (χ1v) is 15.2. The normalized spacial score (nSPS) is 10.6. The van der Waals surface area contributed by atoms with E-state index in [9.17, 15) is 0 Å². The van der Waals surface area contributed by atoms with Gasteiger partial charge in [-0.2, -0.15) is 0 Å². The van der Waals surface area contributed by atoms with Gasteiger partial charge in [-0.1, -0.05) is 120 Å². The lowest BCUT2D eigenvalue weighted by atomic mass is 10.0. The van der Waals surface area contributed by atoms with Crippen LogP contribution in [0.3, 0.4) is 0 Å². The van der Waals surface area contributed by atoms with Gasteiger partial charge in [0.05, 0.1) is 0 Å². The van der Waals surface area contributed by atoms with E-state index in [-0.39, 0.29) is 0 Å². The highest BCUT2D eigenvalue weighted by Crippen LogP contribution is 2.40. The van der Waals surface area contributed by atoms with Crippen molar-refractivity contribution in [1.82, 2.24) is 0 Å². The molecule has 7 heteroatoms. The number of ether oxygens (including phenoxy) is 2. The minimum atomic E-state index is 0.422. The zero-order chi connectivity index (χ0) is 30.8. The summed E-state index contributed by atoms with van der Waals surface area (Å²) < 4.78 is 24.6. The number of benzene rings is 6. The summed E-state index contributed by atoms with van der Waals surface area (Å²) in [5, 5.41) is 1.18. The fourth-order valence-corrected chi connectivity index (χ4v) is 5.20. The van der Waals surface area contributed by atoms with E-state index < -0.39 is 0 Å². The van der Waals surface area contributed by atoms with Crippen LogP contribution in [0.5, 0.6) is 23.0 Å².